The molecule has 4 aliphatic rings. The number of aryl methyl sites for hydroxylation is 1. The number of rotatable bonds is 7. The minimum atomic E-state index is -1.14. The first-order valence-electron chi connectivity index (χ1n) is 14.9. The van der Waals surface area contributed by atoms with Crippen molar-refractivity contribution in [2.24, 2.45) is 23.8 Å². The van der Waals surface area contributed by atoms with Crippen LogP contribution in [0.3, 0.4) is 0 Å². The van der Waals surface area contributed by atoms with E-state index in [-0.39, 0.29) is 29.4 Å². The van der Waals surface area contributed by atoms with Gasteiger partial charge < -0.3 is 24.2 Å². The van der Waals surface area contributed by atoms with E-state index in [1.807, 2.05) is 11.0 Å². The van der Waals surface area contributed by atoms with Crippen LogP contribution in [0.4, 0.5) is 0 Å². The molecule has 9 nitrogen and oxygen atoms in total. The lowest BCUT2D eigenvalue weighted by Crippen LogP contribution is -2.52. The number of aromatic nitrogens is 1. The number of likely N-dealkylation sites (tertiary alicyclic amines) is 1. The second-order valence-electron chi connectivity index (χ2n) is 13.0. The Labute approximate surface area is 250 Å². The Morgan fingerprint density at radius 1 is 1.14 bits per heavy atom. The Morgan fingerprint density at radius 2 is 1.93 bits per heavy atom. The lowest BCUT2D eigenvalue weighted by Gasteiger charge is -2.45. The number of amides is 2. The number of ether oxygens (including phenoxy) is 1. The van der Waals surface area contributed by atoms with Gasteiger partial charge in [-0.25, -0.2) is 0 Å². The molecule has 2 aliphatic carbocycles. The minimum absolute atomic E-state index is 0.0574. The van der Waals surface area contributed by atoms with Crippen LogP contribution in [-0.2, 0) is 34.5 Å². The lowest BCUT2D eigenvalue weighted by atomic mass is 9.66. The van der Waals surface area contributed by atoms with Gasteiger partial charge in [0.15, 0.2) is 0 Å². The maximum atomic E-state index is 14.4. The first kappa shape index (κ1) is 28.8. The van der Waals surface area contributed by atoms with Gasteiger partial charge >= 0.3 is 5.97 Å². The molecule has 0 bridgehead atoms. The molecule has 42 heavy (non-hydrogen) atoms. The highest BCUT2D eigenvalue weighted by atomic mass is 35.5. The van der Waals surface area contributed by atoms with E-state index in [9.17, 15) is 24.3 Å². The molecule has 0 radical (unpaired) electrons. The first-order chi connectivity index (χ1) is 20.0. The van der Waals surface area contributed by atoms with Crippen molar-refractivity contribution in [2.75, 3.05) is 19.6 Å². The number of carboxylic acids is 1. The monoisotopic (exact) mass is 595 g/mol. The van der Waals surface area contributed by atoms with Gasteiger partial charge in [-0.2, -0.15) is 0 Å². The van der Waals surface area contributed by atoms with Crippen LogP contribution in [0.5, 0.6) is 5.75 Å². The summed E-state index contributed by atoms with van der Waals surface area (Å²) < 4.78 is 7.81. The number of benzene rings is 1. The Hall–Kier alpha value is -3.33. The maximum absolute atomic E-state index is 14.4. The quantitative estimate of drug-likeness (QED) is 0.510. The Morgan fingerprint density at radius 3 is 2.62 bits per heavy atom. The van der Waals surface area contributed by atoms with E-state index in [0.29, 0.717) is 61.7 Å². The van der Waals surface area contributed by atoms with Crippen LogP contribution in [0, 0.1) is 16.7 Å². The Kier molecular flexibility index (Phi) is 7.36. The van der Waals surface area contributed by atoms with E-state index in [1.54, 1.807) is 37.2 Å². The summed E-state index contributed by atoms with van der Waals surface area (Å²) in [5, 5.41) is 10.8. The SMILES string of the molecule is Cn1ccc(COc2ccc(Cl)c3c2C(CN2CC4(CC4)CC2=O)N(C(=O)[C@@H]2CCCC[C@]2(C)C(=O)O)CC3)cc1=O. The van der Waals surface area contributed by atoms with Crippen LogP contribution in [0.1, 0.15) is 74.6 Å². The highest BCUT2D eigenvalue weighted by Crippen LogP contribution is 2.54. The summed E-state index contributed by atoms with van der Waals surface area (Å²) in [6, 6.07) is 6.40. The molecule has 10 heteroatoms. The average Bonchev–Trinajstić information content (AvgIpc) is 3.64. The number of carboxylic acid groups (broad SMARTS) is 1. The zero-order valence-electron chi connectivity index (χ0n) is 24.2. The highest BCUT2D eigenvalue weighted by molar-refractivity contribution is 6.31. The van der Waals surface area contributed by atoms with E-state index in [4.69, 9.17) is 16.3 Å². The largest absolute Gasteiger partial charge is 0.489 e. The van der Waals surface area contributed by atoms with Crippen molar-refractivity contribution in [1.82, 2.24) is 14.4 Å². The molecule has 6 rings (SSSR count). The highest BCUT2D eigenvalue weighted by Gasteiger charge is 2.53. The number of aliphatic carboxylic acids is 1. The summed E-state index contributed by atoms with van der Waals surface area (Å²) in [7, 11) is 1.69. The number of fused-ring (bicyclic) bond motifs is 1. The zero-order chi connectivity index (χ0) is 29.8. The number of hydrogen-bond donors (Lipinski definition) is 1. The number of carbonyl (C=O) groups is 3. The molecule has 2 amide bonds. The third kappa shape index (κ3) is 5.10. The van der Waals surface area contributed by atoms with Crippen molar-refractivity contribution in [1.29, 1.82) is 0 Å². The van der Waals surface area contributed by atoms with Gasteiger partial charge in [-0.05, 0) is 73.8 Å². The predicted molar refractivity (Wildman–Crippen MR) is 156 cm³/mol. The molecular formula is C32H38ClN3O6. The topological polar surface area (TPSA) is 109 Å². The molecule has 1 aromatic carbocycles. The summed E-state index contributed by atoms with van der Waals surface area (Å²) in [6.07, 6.45) is 7.35. The van der Waals surface area contributed by atoms with Crippen molar-refractivity contribution in [3.63, 3.8) is 0 Å². The van der Waals surface area contributed by atoms with Crippen molar-refractivity contribution in [3.05, 3.63) is 62.5 Å². The normalized spacial score (nSPS) is 26.3. The fourth-order valence-corrected chi connectivity index (χ4v) is 7.51. The molecule has 1 saturated heterocycles. The average molecular weight is 596 g/mol. The molecule has 1 N–H and O–H groups in total. The molecule has 2 aromatic rings. The third-order valence-corrected chi connectivity index (χ3v) is 10.5. The van der Waals surface area contributed by atoms with Crippen LogP contribution >= 0.6 is 11.6 Å². The van der Waals surface area contributed by atoms with Gasteiger partial charge in [-0.15, -0.1) is 0 Å². The summed E-state index contributed by atoms with van der Waals surface area (Å²) in [6.45, 7) is 3.20. The summed E-state index contributed by atoms with van der Waals surface area (Å²) in [5.41, 5.74) is 1.13. The zero-order valence-corrected chi connectivity index (χ0v) is 25.0. The van der Waals surface area contributed by atoms with Gasteiger partial charge in [0.2, 0.25) is 11.8 Å². The van der Waals surface area contributed by atoms with Crippen molar-refractivity contribution in [2.45, 2.75) is 70.9 Å². The molecule has 224 valence electrons. The van der Waals surface area contributed by atoms with Crippen LogP contribution in [0.2, 0.25) is 5.02 Å². The van der Waals surface area contributed by atoms with E-state index in [1.165, 1.54) is 10.6 Å². The van der Waals surface area contributed by atoms with Gasteiger partial charge in [-0.1, -0.05) is 24.4 Å². The standard InChI is InChI=1S/C32H38ClN3O6/c1-31(30(40)41)10-4-3-5-22(31)29(39)36-14-9-21-23(33)6-7-25(42-18-20-8-13-34(2)26(37)15-20)28(21)24(36)17-35-19-32(11-12-32)16-27(35)38/h6-8,13,15,22,24H,3-5,9-12,14,16-19H2,1-2H3,(H,40,41)/t22-,24?,31-/m0/s1. The van der Waals surface area contributed by atoms with Gasteiger partial charge in [0.05, 0.1) is 17.4 Å². The molecule has 1 unspecified atom stereocenters. The second kappa shape index (κ2) is 10.7. The lowest BCUT2D eigenvalue weighted by molar-refractivity contribution is -0.162. The Balaban J connectivity index is 1.38. The molecule has 2 saturated carbocycles. The van der Waals surface area contributed by atoms with E-state index < -0.39 is 23.3 Å². The van der Waals surface area contributed by atoms with Gasteiger partial charge in [0.1, 0.15) is 12.4 Å². The second-order valence-corrected chi connectivity index (χ2v) is 13.4. The van der Waals surface area contributed by atoms with Gasteiger partial charge in [0, 0.05) is 56.0 Å². The first-order valence-corrected chi connectivity index (χ1v) is 15.3. The number of pyridine rings is 1. The molecule has 3 atom stereocenters. The maximum Gasteiger partial charge on any atom is 0.310 e. The summed E-state index contributed by atoms with van der Waals surface area (Å²) in [5.74, 6) is -1.14. The summed E-state index contributed by atoms with van der Waals surface area (Å²) in [4.78, 5) is 55.8. The van der Waals surface area contributed by atoms with E-state index in [2.05, 4.69) is 0 Å². The molecule has 1 spiro atoms. The van der Waals surface area contributed by atoms with Crippen molar-refractivity contribution < 1.29 is 24.2 Å². The molecule has 3 heterocycles. The fraction of sp³-hybridized carbons (Fsp3) is 0.562. The number of carbonyl (C=O) groups excluding carboxylic acids is 2. The van der Waals surface area contributed by atoms with Crippen molar-refractivity contribution >= 4 is 29.4 Å². The number of halogens is 1. The minimum Gasteiger partial charge on any atom is -0.489 e. The van der Waals surface area contributed by atoms with E-state index >= 15 is 0 Å². The van der Waals surface area contributed by atoms with E-state index in [0.717, 1.165) is 36.8 Å². The number of hydrogen-bond acceptors (Lipinski definition) is 5. The summed E-state index contributed by atoms with van der Waals surface area (Å²) >= 11 is 6.74. The smallest absolute Gasteiger partial charge is 0.310 e. The number of nitrogens with zero attached hydrogens (tertiary/aromatic N) is 3. The van der Waals surface area contributed by atoms with Crippen molar-refractivity contribution in [3.8, 4) is 5.75 Å². The van der Waals surface area contributed by atoms with Crippen LogP contribution < -0.4 is 10.3 Å². The van der Waals surface area contributed by atoms with Gasteiger partial charge in [0.25, 0.3) is 5.56 Å². The van der Waals surface area contributed by atoms with Gasteiger partial charge in [-0.3, -0.25) is 19.2 Å². The van der Waals surface area contributed by atoms with Crippen LogP contribution in [0.15, 0.2) is 35.3 Å². The predicted octanol–water partition coefficient (Wildman–Crippen LogP) is 4.34. The Bertz CT molecular complexity index is 1500. The molecule has 3 fully saturated rings. The van der Waals surface area contributed by atoms with Crippen LogP contribution in [0.25, 0.3) is 0 Å². The third-order valence-electron chi connectivity index (χ3n) is 10.2. The molecule has 2 aliphatic heterocycles. The molecule has 1 aromatic heterocycles. The molecular weight excluding hydrogens is 558 g/mol. The van der Waals surface area contributed by atoms with Crippen LogP contribution in [-0.4, -0.2) is 56.9 Å². The fourth-order valence-electron chi connectivity index (χ4n) is 7.25.